The molecule has 22 heavy (non-hydrogen) atoms. The van der Waals surface area contributed by atoms with Gasteiger partial charge in [-0.15, -0.1) is 0 Å². The molecule has 0 spiro atoms. The first-order chi connectivity index (χ1) is 10.3. The van der Waals surface area contributed by atoms with Gasteiger partial charge in [-0.25, -0.2) is 17.9 Å². The van der Waals surface area contributed by atoms with Crippen molar-refractivity contribution in [3.05, 3.63) is 23.7 Å². The van der Waals surface area contributed by atoms with E-state index in [-0.39, 0.29) is 18.1 Å². The van der Waals surface area contributed by atoms with Crippen LogP contribution in [-0.4, -0.2) is 49.1 Å². The van der Waals surface area contributed by atoms with E-state index in [4.69, 9.17) is 4.42 Å². The summed E-state index contributed by atoms with van der Waals surface area (Å²) < 4.78 is 29.6. The van der Waals surface area contributed by atoms with Crippen molar-refractivity contribution in [2.24, 2.45) is 0 Å². The van der Waals surface area contributed by atoms with Gasteiger partial charge in [-0.05, 0) is 31.4 Å². The van der Waals surface area contributed by atoms with E-state index >= 15 is 0 Å². The molecule has 122 valence electrons. The molecular formula is C13H18N2O6S. The smallest absolute Gasteiger partial charge is 0.326 e. The van der Waals surface area contributed by atoms with Crippen molar-refractivity contribution in [2.75, 3.05) is 12.8 Å². The quantitative estimate of drug-likeness (QED) is 0.807. The average molecular weight is 330 g/mol. The second kappa shape index (κ2) is 6.49. The third-order valence-electron chi connectivity index (χ3n) is 3.43. The van der Waals surface area contributed by atoms with Gasteiger partial charge < -0.3 is 14.4 Å². The fourth-order valence-electron chi connectivity index (χ4n) is 2.36. The van der Waals surface area contributed by atoms with Gasteiger partial charge in [-0.1, -0.05) is 0 Å². The van der Waals surface area contributed by atoms with Gasteiger partial charge in [0, 0.05) is 6.54 Å². The summed E-state index contributed by atoms with van der Waals surface area (Å²) in [6.45, 7) is 0.307. The van der Waals surface area contributed by atoms with Gasteiger partial charge in [0.1, 0.15) is 11.8 Å². The lowest BCUT2D eigenvalue weighted by atomic mass is 10.0. The maximum Gasteiger partial charge on any atom is 0.326 e. The summed E-state index contributed by atoms with van der Waals surface area (Å²) in [6, 6.07) is 2.07. The molecule has 1 saturated heterocycles. The van der Waals surface area contributed by atoms with Crippen LogP contribution < -0.4 is 4.72 Å². The van der Waals surface area contributed by atoms with Crippen molar-refractivity contribution in [1.82, 2.24) is 9.62 Å². The molecule has 9 heteroatoms. The van der Waals surface area contributed by atoms with E-state index in [9.17, 15) is 23.1 Å². The van der Waals surface area contributed by atoms with Gasteiger partial charge >= 0.3 is 5.97 Å². The Bertz CT molecular complexity index is 666. The molecule has 1 aromatic heterocycles. The minimum atomic E-state index is -3.36. The number of amides is 1. The van der Waals surface area contributed by atoms with Crippen LogP contribution >= 0.6 is 0 Å². The van der Waals surface area contributed by atoms with Crippen molar-refractivity contribution < 1.29 is 27.5 Å². The highest BCUT2D eigenvalue weighted by atomic mass is 32.2. The Kier molecular flexibility index (Phi) is 4.87. The number of carbonyl (C=O) groups excluding carboxylic acids is 1. The minimum absolute atomic E-state index is 0.0125. The van der Waals surface area contributed by atoms with Crippen LogP contribution in [0.4, 0.5) is 0 Å². The number of carboxylic acids is 1. The Morgan fingerprint density at radius 2 is 2.14 bits per heavy atom. The molecule has 1 aliphatic heterocycles. The maximum absolute atomic E-state index is 12.4. The number of hydrogen-bond donors (Lipinski definition) is 2. The van der Waals surface area contributed by atoms with Gasteiger partial charge in [0.05, 0.1) is 12.8 Å². The van der Waals surface area contributed by atoms with E-state index in [1.165, 1.54) is 17.0 Å². The van der Waals surface area contributed by atoms with Crippen molar-refractivity contribution >= 4 is 21.9 Å². The van der Waals surface area contributed by atoms with E-state index in [1.54, 1.807) is 0 Å². The van der Waals surface area contributed by atoms with Gasteiger partial charge in [0.15, 0.2) is 5.76 Å². The zero-order chi connectivity index (χ0) is 16.3. The van der Waals surface area contributed by atoms with Crippen LogP contribution in [0.3, 0.4) is 0 Å². The van der Waals surface area contributed by atoms with Crippen molar-refractivity contribution in [3.8, 4) is 0 Å². The van der Waals surface area contributed by atoms with Crippen molar-refractivity contribution in [1.29, 1.82) is 0 Å². The van der Waals surface area contributed by atoms with E-state index in [0.29, 0.717) is 13.0 Å². The molecular weight excluding hydrogens is 312 g/mol. The largest absolute Gasteiger partial charge is 0.480 e. The van der Waals surface area contributed by atoms with Crippen LogP contribution in [0.5, 0.6) is 0 Å². The Hall–Kier alpha value is -1.87. The molecule has 0 aromatic carbocycles. The molecule has 2 rings (SSSR count). The fraction of sp³-hybridized carbons (Fsp3) is 0.538. The van der Waals surface area contributed by atoms with Gasteiger partial charge in [-0.3, -0.25) is 4.79 Å². The van der Waals surface area contributed by atoms with Crippen molar-refractivity contribution in [3.63, 3.8) is 0 Å². The Balaban J connectivity index is 2.09. The molecule has 0 unspecified atom stereocenters. The average Bonchev–Trinajstić information content (AvgIpc) is 2.92. The third kappa shape index (κ3) is 4.08. The maximum atomic E-state index is 12.4. The lowest BCUT2D eigenvalue weighted by Gasteiger charge is -2.32. The van der Waals surface area contributed by atoms with Gasteiger partial charge in [-0.2, -0.15) is 0 Å². The number of nitrogens with one attached hydrogen (secondary N) is 1. The summed E-state index contributed by atoms with van der Waals surface area (Å²) >= 11 is 0. The number of piperidine rings is 1. The normalized spacial score (nSPS) is 19.1. The zero-order valence-electron chi connectivity index (χ0n) is 12.1. The number of carbonyl (C=O) groups is 2. The van der Waals surface area contributed by atoms with Crippen LogP contribution in [0.1, 0.15) is 35.6 Å². The molecule has 0 aliphatic carbocycles. The summed E-state index contributed by atoms with van der Waals surface area (Å²) in [4.78, 5) is 24.9. The molecule has 1 atom stereocenters. The van der Waals surface area contributed by atoms with E-state index < -0.39 is 27.9 Å². The monoisotopic (exact) mass is 330 g/mol. The number of rotatable bonds is 5. The molecule has 0 saturated carbocycles. The predicted molar refractivity (Wildman–Crippen MR) is 76.7 cm³/mol. The van der Waals surface area contributed by atoms with Gasteiger partial charge in [0.2, 0.25) is 10.0 Å². The van der Waals surface area contributed by atoms with E-state index in [0.717, 1.165) is 19.1 Å². The first-order valence-corrected chi connectivity index (χ1v) is 8.74. The zero-order valence-corrected chi connectivity index (χ0v) is 12.9. The van der Waals surface area contributed by atoms with Crippen LogP contribution in [0.2, 0.25) is 0 Å². The standard InChI is InChI=1S/C13H18N2O6S/c1-22(19,20)14-8-9-5-6-11(21-9)12(16)15-7-3-2-4-10(15)13(17)18/h5-6,10,14H,2-4,7-8H2,1H3,(H,17,18)/t10-/m1/s1. The highest BCUT2D eigenvalue weighted by molar-refractivity contribution is 7.88. The summed E-state index contributed by atoms with van der Waals surface area (Å²) in [7, 11) is -3.36. The molecule has 8 nitrogen and oxygen atoms in total. The lowest BCUT2D eigenvalue weighted by Crippen LogP contribution is -2.47. The number of carboxylic acid groups (broad SMARTS) is 1. The fourth-order valence-corrected chi connectivity index (χ4v) is 2.77. The second-order valence-electron chi connectivity index (χ2n) is 5.21. The van der Waals surface area contributed by atoms with E-state index in [1.807, 2.05) is 0 Å². The molecule has 1 aliphatic rings. The summed E-state index contributed by atoms with van der Waals surface area (Å²) in [5, 5.41) is 9.18. The number of aliphatic carboxylic acids is 1. The number of hydrogen-bond acceptors (Lipinski definition) is 5. The van der Waals surface area contributed by atoms with Gasteiger partial charge in [0.25, 0.3) is 5.91 Å². The van der Waals surface area contributed by atoms with Crippen LogP contribution in [0, 0.1) is 0 Å². The Morgan fingerprint density at radius 3 is 2.77 bits per heavy atom. The molecule has 0 radical (unpaired) electrons. The molecule has 1 amide bonds. The Labute approximate surface area is 128 Å². The SMILES string of the molecule is CS(=O)(=O)NCc1ccc(C(=O)N2CCCC[C@@H]2C(=O)O)o1. The molecule has 2 N–H and O–H groups in total. The molecule has 1 aromatic rings. The first-order valence-electron chi connectivity index (χ1n) is 6.85. The van der Waals surface area contributed by atoms with E-state index in [2.05, 4.69) is 4.72 Å². The van der Waals surface area contributed by atoms with Crippen LogP contribution in [0.25, 0.3) is 0 Å². The third-order valence-corrected chi connectivity index (χ3v) is 4.10. The van der Waals surface area contributed by atoms with Crippen LogP contribution in [-0.2, 0) is 21.4 Å². The number of nitrogens with zero attached hydrogens (tertiary/aromatic N) is 1. The highest BCUT2D eigenvalue weighted by Gasteiger charge is 2.33. The molecule has 1 fully saturated rings. The predicted octanol–water partition coefficient (Wildman–Crippen LogP) is 0.408. The number of furan rings is 1. The summed E-state index contributed by atoms with van der Waals surface area (Å²) in [6.07, 6.45) is 2.96. The second-order valence-corrected chi connectivity index (χ2v) is 7.04. The van der Waals surface area contributed by atoms with Crippen LogP contribution in [0.15, 0.2) is 16.5 Å². The topological polar surface area (TPSA) is 117 Å². The lowest BCUT2D eigenvalue weighted by molar-refractivity contribution is -0.143. The first kappa shape index (κ1) is 16.5. The molecule has 2 heterocycles. The minimum Gasteiger partial charge on any atom is -0.480 e. The number of likely N-dealkylation sites (tertiary alicyclic amines) is 1. The highest BCUT2D eigenvalue weighted by Crippen LogP contribution is 2.21. The Morgan fingerprint density at radius 1 is 1.41 bits per heavy atom. The van der Waals surface area contributed by atoms with Crippen molar-refractivity contribution in [2.45, 2.75) is 31.8 Å². The summed E-state index contributed by atoms with van der Waals surface area (Å²) in [5.41, 5.74) is 0. The molecule has 0 bridgehead atoms. The summed E-state index contributed by atoms with van der Waals surface area (Å²) in [5.74, 6) is -1.22. The number of sulfonamides is 1.